The molecule has 0 aliphatic carbocycles. The molecule has 132 valence electrons. The highest BCUT2D eigenvalue weighted by atomic mass is 16.7. The molecular formula is C19H20O6. The van der Waals surface area contributed by atoms with Gasteiger partial charge in [0.2, 0.25) is 0 Å². The van der Waals surface area contributed by atoms with Crippen molar-refractivity contribution in [1.82, 2.24) is 0 Å². The van der Waals surface area contributed by atoms with Gasteiger partial charge < -0.3 is 23.7 Å². The summed E-state index contributed by atoms with van der Waals surface area (Å²) in [6.07, 6.45) is 0. The molecule has 0 bridgehead atoms. The highest BCUT2D eigenvalue weighted by Gasteiger charge is 2.30. The summed E-state index contributed by atoms with van der Waals surface area (Å²) >= 11 is 0. The number of carbonyl (C=O) groups excluding carboxylic acids is 1. The summed E-state index contributed by atoms with van der Waals surface area (Å²) in [5.41, 5.74) is 1.45. The molecular weight excluding hydrogens is 324 g/mol. The van der Waals surface area contributed by atoms with E-state index in [4.69, 9.17) is 23.7 Å². The SMILES string of the molecule is COCOc1ccc(C2COc3cc(OCOC)ccc3C2=O)cc1. The zero-order chi connectivity index (χ0) is 17.6. The van der Waals surface area contributed by atoms with Crippen LogP contribution in [0.25, 0.3) is 0 Å². The van der Waals surface area contributed by atoms with Crippen LogP contribution >= 0.6 is 0 Å². The molecule has 0 N–H and O–H groups in total. The molecule has 2 aromatic carbocycles. The third kappa shape index (κ3) is 3.92. The van der Waals surface area contributed by atoms with Gasteiger partial charge >= 0.3 is 0 Å². The van der Waals surface area contributed by atoms with Gasteiger partial charge in [0.25, 0.3) is 0 Å². The molecule has 6 heteroatoms. The third-order valence-corrected chi connectivity index (χ3v) is 3.91. The molecule has 2 aromatic rings. The Bertz CT molecular complexity index is 725. The Kier molecular flexibility index (Phi) is 5.53. The van der Waals surface area contributed by atoms with E-state index in [2.05, 4.69) is 0 Å². The van der Waals surface area contributed by atoms with Crippen LogP contribution in [0, 0.1) is 0 Å². The average molecular weight is 344 g/mol. The Morgan fingerprint density at radius 2 is 1.60 bits per heavy atom. The van der Waals surface area contributed by atoms with Crippen molar-refractivity contribution in [3.63, 3.8) is 0 Å². The lowest BCUT2D eigenvalue weighted by Crippen LogP contribution is -2.26. The van der Waals surface area contributed by atoms with Crippen molar-refractivity contribution in [2.75, 3.05) is 34.4 Å². The second-order valence-corrected chi connectivity index (χ2v) is 5.56. The minimum Gasteiger partial charge on any atom is -0.492 e. The van der Waals surface area contributed by atoms with E-state index in [9.17, 15) is 4.79 Å². The van der Waals surface area contributed by atoms with E-state index >= 15 is 0 Å². The lowest BCUT2D eigenvalue weighted by Gasteiger charge is -2.25. The molecule has 0 fully saturated rings. The molecule has 0 saturated heterocycles. The lowest BCUT2D eigenvalue weighted by molar-refractivity contribution is 0.0507. The Morgan fingerprint density at radius 1 is 0.960 bits per heavy atom. The first kappa shape index (κ1) is 17.3. The maximum Gasteiger partial charge on any atom is 0.188 e. The van der Waals surface area contributed by atoms with E-state index in [1.54, 1.807) is 32.4 Å². The molecule has 6 nitrogen and oxygen atoms in total. The van der Waals surface area contributed by atoms with E-state index in [1.807, 2.05) is 24.3 Å². The summed E-state index contributed by atoms with van der Waals surface area (Å²) in [7, 11) is 3.12. The largest absolute Gasteiger partial charge is 0.492 e. The summed E-state index contributed by atoms with van der Waals surface area (Å²) < 4.78 is 26.3. The van der Waals surface area contributed by atoms with E-state index < -0.39 is 0 Å². The van der Waals surface area contributed by atoms with Gasteiger partial charge in [-0.3, -0.25) is 4.79 Å². The summed E-state index contributed by atoms with van der Waals surface area (Å²) in [6, 6.07) is 12.6. The van der Waals surface area contributed by atoms with Gasteiger partial charge in [0, 0.05) is 20.3 Å². The van der Waals surface area contributed by atoms with Crippen molar-refractivity contribution < 1.29 is 28.5 Å². The standard InChI is InChI=1S/C19H20O6/c1-21-11-24-14-5-3-13(4-6-14)17-10-23-18-9-15(25-12-22-2)7-8-16(18)19(17)20/h3-9,17H,10-12H2,1-2H3. The predicted octanol–water partition coefficient (Wildman–Crippen LogP) is 3.01. The number of hydrogen-bond donors (Lipinski definition) is 0. The van der Waals surface area contributed by atoms with E-state index in [1.165, 1.54) is 0 Å². The number of carbonyl (C=O) groups is 1. The Balaban J connectivity index is 1.75. The topological polar surface area (TPSA) is 63.2 Å². The molecule has 25 heavy (non-hydrogen) atoms. The predicted molar refractivity (Wildman–Crippen MR) is 90.5 cm³/mol. The fourth-order valence-corrected chi connectivity index (χ4v) is 2.65. The average Bonchev–Trinajstić information content (AvgIpc) is 2.65. The number of Topliss-reactive ketones (excluding diaryl/α,β-unsaturated/α-hetero) is 1. The maximum atomic E-state index is 12.8. The van der Waals surface area contributed by atoms with Crippen LogP contribution in [-0.4, -0.2) is 40.2 Å². The molecule has 0 saturated carbocycles. The van der Waals surface area contributed by atoms with Gasteiger partial charge in [-0.15, -0.1) is 0 Å². The van der Waals surface area contributed by atoms with Crippen LogP contribution in [0.4, 0.5) is 0 Å². The zero-order valence-corrected chi connectivity index (χ0v) is 14.2. The molecule has 1 heterocycles. The minimum absolute atomic E-state index is 0.0325. The van der Waals surface area contributed by atoms with Crippen molar-refractivity contribution in [2.24, 2.45) is 0 Å². The van der Waals surface area contributed by atoms with E-state index in [0.717, 1.165) is 5.56 Å². The highest BCUT2D eigenvalue weighted by molar-refractivity contribution is 6.04. The Hall–Kier alpha value is -2.57. The van der Waals surface area contributed by atoms with Gasteiger partial charge in [0.15, 0.2) is 19.4 Å². The maximum absolute atomic E-state index is 12.8. The van der Waals surface area contributed by atoms with Crippen molar-refractivity contribution in [3.8, 4) is 17.2 Å². The van der Waals surface area contributed by atoms with Crippen molar-refractivity contribution in [3.05, 3.63) is 53.6 Å². The monoisotopic (exact) mass is 344 g/mol. The van der Waals surface area contributed by atoms with Gasteiger partial charge in [0.05, 0.1) is 11.5 Å². The molecule has 0 amide bonds. The van der Waals surface area contributed by atoms with Crippen LogP contribution in [0.2, 0.25) is 0 Å². The van der Waals surface area contributed by atoms with Gasteiger partial charge in [-0.2, -0.15) is 0 Å². The fourth-order valence-electron chi connectivity index (χ4n) is 2.65. The first-order valence-electron chi connectivity index (χ1n) is 7.87. The molecule has 1 aliphatic heterocycles. The van der Waals surface area contributed by atoms with Crippen LogP contribution in [0.3, 0.4) is 0 Å². The van der Waals surface area contributed by atoms with Gasteiger partial charge in [-0.05, 0) is 29.8 Å². The van der Waals surface area contributed by atoms with E-state index in [-0.39, 0.29) is 31.9 Å². The molecule has 1 aliphatic rings. The Morgan fingerprint density at radius 3 is 2.28 bits per heavy atom. The quantitative estimate of drug-likeness (QED) is 0.720. The van der Waals surface area contributed by atoms with Crippen LogP contribution in [0.5, 0.6) is 17.2 Å². The van der Waals surface area contributed by atoms with Crippen LogP contribution in [0.15, 0.2) is 42.5 Å². The minimum atomic E-state index is -0.338. The fraction of sp³-hybridized carbons (Fsp3) is 0.316. The summed E-state index contributed by atoms with van der Waals surface area (Å²) in [4.78, 5) is 12.8. The van der Waals surface area contributed by atoms with Gasteiger partial charge in [-0.25, -0.2) is 0 Å². The van der Waals surface area contributed by atoms with Crippen molar-refractivity contribution in [1.29, 1.82) is 0 Å². The van der Waals surface area contributed by atoms with E-state index in [0.29, 0.717) is 22.8 Å². The third-order valence-electron chi connectivity index (χ3n) is 3.91. The smallest absolute Gasteiger partial charge is 0.188 e. The van der Waals surface area contributed by atoms with Crippen LogP contribution in [-0.2, 0) is 9.47 Å². The second-order valence-electron chi connectivity index (χ2n) is 5.56. The first-order valence-corrected chi connectivity index (χ1v) is 7.87. The van der Waals surface area contributed by atoms with Crippen molar-refractivity contribution >= 4 is 5.78 Å². The normalized spacial score (nSPS) is 16.1. The molecule has 0 aromatic heterocycles. The molecule has 3 rings (SSSR count). The number of hydrogen-bond acceptors (Lipinski definition) is 6. The zero-order valence-electron chi connectivity index (χ0n) is 14.2. The van der Waals surface area contributed by atoms with Gasteiger partial charge in [0.1, 0.15) is 23.9 Å². The number of ether oxygens (including phenoxy) is 5. The molecule has 1 atom stereocenters. The molecule has 1 unspecified atom stereocenters. The van der Waals surface area contributed by atoms with Crippen LogP contribution in [0.1, 0.15) is 21.8 Å². The first-order chi connectivity index (χ1) is 12.2. The van der Waals surface area contributed by atoms with Gasteiger partial charge in [-0.1, -0.05) is 12.1 Å². The number of fused-ring (bicyclic) bond motifs is 1. The lowest BCUT2D eigenvalue weighted by atomic mass is 9.89. The number of ketones is 1. The van der Waals surface area contributed by atoms with Crippen LogP contribution < -0.4 is 14.2 Å². The Labute approximate surface area is 146 Å². The summed E-state index contributed by atoms with van der Waals surface area (Å²) in [5.74, 6) is 1.52. The summed E-state index contributed by atoms with van der Waals surface area (Å²) in [5, 5.41) is 0. The molecule has 0 spiro atoms. The second kappa shape index (κ2) is 8.00. The highest BCUT2D eigenvalue weighted by Crippen LogP contribution is 2.35. The number of rotatable bonds is 7. The number of benzene rings is 2. The summed E-state index contributed by atoms with van der Waals surface area (Å²) in [6.45, 7) is 0.621. The number of methoxy groups -OCH3 is 2. The van der Waals surface area contributed by atoms with Crippen molar-refractivity contribution in [2.45, 2.75) is 5.92 Å². The molecule has 0 radical (unpaired) electrons.